The highest BCUT2D eigenvalue weighted by molar-refractivity contribution is 5.85. The number of rotatable bonds is 7. The van der Waals surface area contributed by atoms with Crippen LogP contribution in [0.25, 0.3) is 0 Å². The molecule has 0 radical (unpaired) electrons. The topological polar surface area (TPSA) is 58.4 Å². The molecule has 4 nitrogen and oxygen atoms in total. The summed E-state index contributed by atoms with van der Waals surface area (Å²) in [7, 11) is 0. The zero-order valence-electron chi connectivity index (χ0n) is 14.5. The Hall–Kier alpha value is -0.0300. The molecule has 0 bridgehead atoms. The first kappa shape index (κ1) is 24.2. The van der Waals surface area contributed by atoms with E-state index in [2.05, 4.69) is 37.9 Å². The normalized spacial score (nSPS) is 23.4. The zero-order chi connectivity index (χ0) is 15.1. The quantitative estimate of drug-likeness (QED) is 0.690. The van der Waals surface area contributed by atoms with Crippen molar-refractivity contribution < 1.29 is 4.79 Å². The molecule has 1 rings (SSSR count). The number of carbonyl (C=O) groups is 1. The Morgan fingerprint density at radius 2 is 1.77 bits per heavy atom. The van der Waals surface area contributed by atoms with Gasteiger partial charge in [0.05, 0.1) is 6.04 Å². The fourth-order valence-electron chi connectivity index (χ4n) is 3.23. The SMILES string of the molecule is CC(C)C[C@H](N)C(=O)NCCCN1CC(C)CC(C)C1.Cl.Cl. The minimum Gasteiger partial charge on any atom is -0.355 e. The van der Waals surface area contributed by atoms with Gasteiger partial charge < -0.3 is 16.0 Å². The molecule has 1 heterocycles. The average Bonchev–Trinajstić information content (AvgIpc) is 2.32. The van der Waals surface area contributed by atoms with Crippen molar-refractivity contribution in [1.82, 2.24) is 10.2 Å². The van der Waals surface area contributed by atoms with E-state index in [0.717, 1.165) is 37.8 Å². The summed E-state index contributed by atoms with van der Waals surface area (Å²) in [5, 5.41) is 2.96. The van der Waals surface area contributed by atoms with Crippen molar-refractivity contribution in [3.63, 3.8) is 0 Å². The van der Waals surface area contributed by atoms with E-state index in [9.17, 15) is 4.79 Å². The van der Waals surface area contributed by atoms with Crippen LogP contribution in [0.15, 0.2) is 0 Å². The second-order valence-corrected chi connectivity index (χ2v) is 7.09. The maximum absolute atomic E-state index is 11.8. The average molecular weight is 356 g/mol. The van der Waals surface area contributed by atoms with E-state index >= 15 is 0 Å². The number of nitrogens with zero attached hydrogens (tertiary/aromatic N) is 1. The molecule has 2 unspecified atom stereocenters. The Morgan fingerprint density at radius 3 is 2.27 bits per heavy atom. The Kier molecular flexibility index (Phi) is 13.7. The monoisotopic (exact) mass is 355 g/mol. The van der Waals surface area contributed by atoms with Crippen LogP contribution in [0.2, 0.25) is 0 Å². The van der Waals surface area contributed by atoms with E-state index in [4.69, 9.17) is 5.73 Å². The van der Waals surface area contributed by atoms with Crippen molar-refractivity contribution in [2.45, 2.75) is 53.0 Å². The van der Waals surface area contributed by atoms with Crippen molar-refractivity contribution in [1.29, 1.82) is 0 Å². The standard InChI is InChI=1S/C16H33N3O.2ClH/c1-12(2)8-15(17)16(20)18-6-5-7-19-10-13(3)9-14(4)11-19;;/h12-15H,5-11,17H2,1-4H3,(H,18,20);2*1H/t13?,14?,15-;;/m0../s1. The Labute approximate surface area is 148 Å². The van der Waals surface area contributed by atoms with Gasteiger partial charge in [0.15, 0.2) is 0 Å². The maximum Gasteiger partial charge on any atom is 0.236 e. The predicted octanol–water partition coefficient (Wildman–Crippen LogP) is 2.69. The molecule has 1 aliphatic heterocycles. The predicted molar refractivity (Wildman–Crippen MR) is 98.9 cm³/mol. The number of carbonyl (C=O) groups excluding carboxylic acids is 1. The van der Waals surface area contributed by atoms with E-state index < -0.39 is 0 Å². The lowest BCUT2D eigenvalue weighted by molar-refractivity contribution is -0.122. The van der Waals surface area contributed by atoms with Crippen LogP contribution >= 0.6 is 24.8 Å². The van der Waals surface area contributed by atoms with Crippen LogP contribution in [0.1, 0.15) is 47.0 Å². The summed E-state index contributed by atoms with van der Waals surface area (Å²) in [6.07, 6.45) is 3.11. The Morgan fingerprint density at radius 1 is 1.23 bits per heavy atom. The summed E-state index contributed by atoms with van der Waals surface area (Å²) in [4.78, 5) is 14.3. The maximum atomic E-state index is 11.8. The minimum absolute atomic E-state index is 0. The first-order valence-corrected chi connectivity index (χ1v) is 8.14. The molecular weight excluding hydrogens is 321 g/mol. The number of hydrogen-bond acceptors (Lipinski definition) is 3. The van der Waals surface area contributed by atoms with Crippen LogP contribution in [0.5, 0.6) is 0 Å². The lowest BCUT2D eigenvalue weighted by atomic mass is 9.92. The molecule has 0 aliphatic carbocycles. The number of likely N-dealkylation sites (tertiary alicyclic amines) is 1. The molecule has 134 valence electrons. The highest BCUT2D eigenvalue weighted by Gasteiger charge is 2.21. The largest absolute Gasteiger partial charge is 0.355 e. The smallest absolute Gasteiger partial charge is 0.236 e. The van der Waals surface area contributed by atoms with Gasteiger partial charge in [-0.2, -0.15) is 0 Å². The van der Waals surface area contributed by atoms with Gasteiger partial charge in [-0.25, -0.2) is 0 Å². The zero-order valence-corrected chi connectivity index (χ0v) is 16.1. The molecule has 3 N–H and O–H groups in total. The van der Waals surface area contributed by atoms with Crippen LogP contribution in [-0.2, 0) is 4.79 Å². The van der Waals surface area contributed by atoms with Gasteiger partial charge in [0.1, 0.15) is 0 Å². The number of nitrogens with two attached hydrogens (primary N) is 1. The van der Waals surface area contributed by atoms with Gasteiger partial charge in [-0.05, 0) is 43.6 Å². The minimum atomic E-state index is -0.356. The third kappa shape index (κ3) is 9.88. The van der Waals surface area contributed by atoms with E-state index in [1.165, 1.54) is 19.5 Å². The van der Waals surface area contributed by atoms with Crippen LogP contribution in [-0.4, -0.2) is 43.0 Å². The number of amides is 1. The molecule has 22 heavy (non-hydrogen) atoms. The lowest BCUT2D eigenvalue weighted by Gasteiger charge is -2.34. The van der Waals surface area contributed by atoms with Gasteiger partial charge in [-0.3, -0.25) is 4.79 Å². The molecule has 0 saturated carbocycles. The summed E-state index contributed by atoms with van der Waals surface area (Å²) < 4.78 is 0. The summed E-state index contributed by atoms with van der Waals surface area (Å²) in [5.74, 6) is 2.06. The highest BCUT2D eigenvalue weighted by atomic mass is 35.5. The van der Waals surface area contributed by atoms with E-state index in [0.29, 0.717) is 5.92 Å². The molecule has 1 aliphatic rings. The van der Waals surface area contributed by atoms with Gasteiger partial charge in [0.2, 0.25) is 5.91 Å². The Bertz CT molecular complexity index is 293. The third-order valence-electron chi connectivity index (χ3n) is 3.96. The van der Waals surface area contributed by atoms with Crippen molar-refractivity contribution in [3.8, 4) is 0 Å². The molecular formula is C16H35Cl2N3O. The number of hydrogen-bond donors (Lipinski definition) is 2. The van der Waals surface area contributed by atoms with E-state index in [1.54, 1.807) is 0 Å². The van der Waals surface area contributed by atoms with Crippen LogP contribution in [0, 0.1) is 17.8 Å². The fraction of sp³-hybridized carbons (Fsp3) is 0.938. The van der Waals surface area contributed by atoms with Crippen molar-refractivity contribution in [2.75, 3.05) is 26.2 Å². The van der Waals surface area contributed by atoms with Gasteiger partial charge in [-0.1, -0.05) is 27.7 Å². The number of piperidine rings is 1. The van der Waals surface area contributed by atoms with Gasteiger partial charge in [0.25, 0.3) is 0 Å². The molecule has 0 spiro atoms. The number of nitrogens with one attached hydrogen (secondary N) is 1. The van der Waals surface area contributed by atoms with E-state index in [-0.39, 0.29) is 36.8 Å². The van der Waals surface area contributed by atoms with Crippen LogP contribution in [0.3, 0.4) is 0 Å². The molecule has 0 aromatic rings. The van der Waals surface area contributed by atoms with Crippen molar-refractivity contribution in [3.05, 3.63) is 0 Å². The summed E-state index contributed by atoms with van der Waals surface area (Å²) >= 11 is 0. The second kappa shape index (κ2) is 12.4. The van der Waals surface area contributed by atoms with Crippen molar-refractivity contribution in [2.24, 2.45) is 23.5 Å². The number of halogens is 2. The highest BCUT2D eigenvalue weighted by Crippen LogP contribution is 2.20. The van der Waals surface area contributed by atoms with Gasteiger partial charge in [0, 0.05) is 19.6 Å². The fourth-order valence-corrected chi connectivity index (χ4v) is 3.23. The molecule has 0 aromatic carbocycles. The van der Waals surface area contributed by atoms with Crippen molar-refractivity contribution >= 4 is 30.7 Å². The summed E-state index contributed by atoms with van der Waals surface area (Å²) in [5.41, 5.74) is 5.86. The molecule has 6 heteroatoms. The first-order valence-electron chi connectivity index (χ1n) is 8.14. The van der Waals surface area contributed by atoms with Crippen LogP contribution < -0.4 is 11.1 Å². The molecule has 3 atom stereocenters. The van der Waals surface area contributed by atoms with Crippen LogP contribution in [0.4, 0.5) is 0 Å². The lowest BCUT2D eigenvalue weighted by Crippen LogP contribution is -2.43. The van der Waals surface area contributed by atoms with Gasteiger partial charge >= 0.3 is 0 Å². The summed E-state index contributed by atoms with van der Waals surface area (Å²) in [6, 6.07) is -0.356. The first-order chi connectivity index (χ1) is 9.38. The summed E-state index contributed by atoms with van der Waals surface area (Å²) in [6.45, 7) is 13.1. The molecule has 1 amide bonds. The van der Waals surface area contributed by atoms with Gasteiger partial charge in [-0.15, -0.1) is 24.8 Å². The third-order valence-corrected chi connectivity index (χ3v) is 3.96. The second-order valence-electron chi connectivity index (χ2n) is 7.09. The molecule has 1 saturated heterocycles. The Balaban J connectivity index is 0. The van der Waals surface area contributed by atoms with E-state index in [1.807, 2.05) is 0 Å². The molecule has 1 fully saturated rings. The molecule has 0 aromatic heterocycles.